The third kappa shape index (κ3) is 4.10. The van der Waals surface area contributed by atoms with Crippen molar-refractivity contribution >= 4 is 23.5 Å². The molecule has 9 nitrogen and oxygen atoms in total. The lowest BCUT2D eigenvalue weighted by Crippen LogP contribution is -2.54. The fourth-order valence-corrected chi connectivity index (χ4v) is 5.05. The van der Waals surface area contributed by atoms with Gasteiger partial charge in [0.1, 0.15) is 11.4 Å². The normalized spacial score (nSPS) is 23.6. The van der Waals surface area contributed by atoms with E-state index in [0.717, 1.165) is 25.7 Å². The molecule has 1 saturated heterocycles. The smallest absolute Gasteiger partial charge is 0.407 e. The summed E-state index contributed by atoms with van der Waals surface area (Å²) in [5.41, 5.74) is 6.22. The Labute approximate surface area is 184 Å². The second-order valence-corrected chi connectivity index (χ2v) is 8.39. The van der Waals surface area contributed by atoms with Crippen molar-refractivity contribution in [3.05, 3.63) is 41.8 Å². The first kappa shape index (κ1) is 21.6. The lowest BCUT2D eigenvalue weighted by atomic mass is 9.78. The molecule has 1 aromatic heterocycles. The largest absolute Gasteiger partial charge is 0.465 e. The molecular weight excluding hydrogens is 415 g/mol. The van der Waals surface area contributed by atoms with Crippen molar-refractivity contribution in [1.29, 1.82) is 5.26 Å². The number of nitriles is 1. The van der Waals surface area contributed by atoms with Crippen LogP contribution in [0.5, 0.6) is 0 Å². The van der Waals surface area contributed by atoms with Gasteiger partial charge in [0, 0.05) is 18.4 Å². The Morgan fingerprint density at radius 1 is 1.22 bits per heavy atom. The number of halogens is 1. The summed E-state index contributed by atoms with van der Waals surface area (Å²) in [5, 5.41) is 27.3. The highest BCUT2D eigenvalue weighted by Gasteiger charge is 2.46. The first-order valence-electron chi connectivity index (χ1n) is 10.7. The van der Waals surface area contributed by atoms with Gasteiger partial charge in [-0.2, -0.15) is 10.4 Å². The van der Waals surface area contributed by atoms with E-state index in [4.69, 9.17) is 5.73 Å². The molecule has 1 saturated carbocycles. The van der Waals surface area contributed by atoms with E-state index >= 15 is 0 Å². The van der Waals surface area contributed by atoms with Crippen LogP contribution < -0.4 is 11.1 Å². The predicted molar refractivity (Wildman–Crippen MR) is 114 cm³/mol. The number of nitrogens with zero attached hydrogens (tertiary/aromatic N) is 4. The lowest BCUT2D eigenvalue weighted by molar-refractivity contribution is 0.0401. The Balaban J connectivity index is 1.67. The monoisotopic (exact) mass is 440 g/mol. The number of hydrogen-bond acceptors (Lipinski definition) is 5. The molecule has 1 aliphatic carbocycles. The number of hydrogen-bond donors (Lipinski definition) is 3. The van der Waals surface area contributed by atoms with E-state index in [1.807, 2.05) is 0 Å². The second kappa shape index (κ2) is 8.86. The number of rotatable bonds is 5. The van der Waals surface area contributed by atoms with Gasteiger partial charge in [0.25, 0.3) is 5.91 Å². The van der Waals surface area contributed by atoms with E-state index in [1.165, 1.54) is 35.4 Å². The Morgan fingerprint density at radius 3 is 2.50 bits per heavy atom. The quantitative estimate of drug-likeness (QED) is 0.651. The van der Waals surface area contributed by atoms with Crippen LogP contribution in [0, 0.1) is 29.0 Å². The van der Waals surface area contributed by atoms with Crippen LogP contribution in [0.25, 0.3) is 0 Å². The fourth-order valence-electron chi connectivity index (χ4n) is 5.05. The third-order valence-corrected chi connectivity index (χ3v) is 6.53. The number of anilines is 2. The molecular formula is C22H25FN6O3. The standard InChI is InChI=1S/C22H25FN6O3/c23-14-5-7-15(8-6-14)26-21-17(20(25)30)12-29(27-21)18-9-10-28(22(31)32)19(16(18)11-24)13-3-1-2-4-13/h5-8,12-13,16,18-19H,1-4,9-10H2,(H2,25,30)(H,26,27)(H,31,32)/t16-,18-,19?/m0/s1. The van der Waals surface area contributed by atoms with Crippen molar-refractivity contribution in [2.24, 2.45) is 17.6 Å². The van der Waals surface area contributed by atoms with E-state index in [9.17, 15) is 24.3 Å². The van der Waals surface area contributed by atoms with Gasteiger partial charge in [-0.25, -0.2) is 9.18 Å². The van der Waals surface area contributed by atoms with Crippen molar-refractivity contribution < 1.29 is 19.1 Å². The molecule has 2 fully saturated rings. The zero-order valence-electron chi connectivity index (χ0n) is 17.4. The van der Waals surface area contributed by atoms with Crippen LogP contribution in [-0.2, 0) is 0 Å². The minimum atomic E-state index is -1.02. The van der Waals surface area contributed by atoms with Gasteiger partial charge in [-0.15, -0.1) is 0 Å². The Morgan fingerprint density at radius 2 is 1.91 bits per heavy atom. The highest BCUT2D eigenvalue weighted by atomic mass is 19.1. The number of primary amides is 1. The summed E-state index contributed by atoms with van der Waals surface area (Å²) < 4.78 is 14.8. The number of likely N-dealkylation sites (tertiary alicyclic amines) is 1. The minimum Gasteiger partial charge on any atom is -0.465 e. The van der Waals surface area contributed by atoms with E-state index < -0.39 is 35.8 Å². The SMILES string of the molecule is N#C[C@@H]1C(C2CCCC2)N(C(=O)O)CC[C@@H]1n1cc(C(N)=O)c(Nc2ccc(F)cc2)n1. The Hall–Kier alpha value is -3.61. The van der Waals surface area contributed by atoms with Crippen LogP contribution in [0.3, 0.4) is 0 Å². The number of amides is 2. The molecule has 2 amide bonds. The van der Waals surface area contributed by atoms with Crippen molar-refractivity contribution in [3.63, 3.8) is 0 Å². The molecule has 1 aliphatic heterocycles. The average molecular weight is 440 g/mol. The van der Waals surface area contributed by atoms with Gasteiger partial charge in [-0.3, -0.25) is 9.48 Å². The molecule has 168 valence electrons. The number of carboxylic acid groups (broad SMARTS) is 1. The van der Waals surface area contributed by atoms with Gasteiger partial charge in [0.15, 0.2) is 5.82 Å². The number of carbonyl (C=O) groups is 2. The Bertz CT molecular complexity index is 1040. The van der Waals surface area contributed by atoms with Crippen LogP contribution in [0.15, 0.2) is 30.5 Å². The van der Waals surface area contributed by atoms with Crippen molar-refractivity contribution in [2.75, 3.05) is 11.9 Å². The highest BCUT2D eigenvalue weighted by molar-refractivity contribution is 5.98. The van der Waals surface area contributed by atoms with Gasteiger partial charge in [-0.1, -0.05) is 12.8 Å². The third-order valence-electron chi connectivity index (χ3n) is 6.53. The predicted octanol–water partition coefficient (Wildman–Crippen LogP) is 3.49. The van der Waals surface area contributed by atoms with Crippen LogP contribution in [0.1, 0.15) is 48.5 Å². The summed E-state index contributed by atoms with van der Waals surface area (Å²) in [4.78, 5) is 25.3. The summed E-state index contributed by atoms with van der Waals surface area (Å²) in [5.74, 6) is -1.36. The topological polar surface area (TPSA) is 137 Å². The van der Waals surface area contributed by atoms with E-state index in [2.05, 4.69) is 16.5 Å². The summed E-state index contributed by atoms with van der Waals surface area (Å²) in [6.07, 6.45) is 4.71. The number of carbonyl (C=O) groups excluding carboxylic acids is 1. The zero-order chi connectivity index (χ0) is 22.8. The van der Waals surface area contributed by atoms with Crippen LogP contribution in [-0.4, -0.2) is 44.4 Å². The highest BCUT2D eigenvalue weighted by Crippen LogP contribution is 2.42. The number of benzene rings is 1. The molecule has 0 radical (unpaired) electrons. The summed E-state index contributed by atoms with van der Waals surface area (Å²) in [7, 11) is 0. The number of nitrogens with one attached hydrogen (secondary N) is 1. The number of piperidine rings is 1. The molecule has 0 bridgehead atoms. The summed E-state index contributed by atoms with van der Waals surface area (Å²) in [6, 6.07) is 7.10. The minimum absolute atomic E-state index is 0.126. The number of nitrogens with two attached hydrogens (primary N) is 1. The van der Waals surface area contributed by atoms with Gasteiger partial charge in [-0.05, 0) is 49.4 Å². The molecule has 1 aromatic carbocycles. The molecule has 32 heavy (non-hydrogen) atoms. The molecule has 0 spiro atoms. The molecule has 10 heteroatoms. The Kier molecular flexibility index (Phi) is 5.99. The number of aromatic nitrogens is 2. The van der Waals surface area contributed by atoms with Gasteiger partial charge < -0.3 is 21.1 Å². The maximum Gasteiger partial charge on any atom is 0.407 e. The first-order valence-corrected chi connectivity index (χ1v) is 10.7. The lowest BCUT2D eigenvalue weighted by Gasteiger charge is -2.44. The second-order valence-electron chi connectivity index (χ2n) is 8.39. The molecule has 4 rings (SSSR count). The molecule has 2 aliphatic rings. The van der Waals surface area contributed by atoms with E-state index in [-0.39, 0.29) is 23.8 Å². The van der Waals surface area contributed by atoms with Gasteiger partial charge in [0.05, 0.1) is 24.1 Å². The average Bonchev–Trinajstić information content (AvgIpc) is 3.44. The molecule has 4 N–H and O–H groups in total. The molecule has 2 aromatic rings. The molecule has 3 atom stereocenters. The van der Waals surface area contributed by atoms with Crippen molar-refractivity contribution in [3.8, 4) is 6.07 Å². The van der Waals surface area contributed by atoms with E-state index in [0.29, 0.717) is 12.1 Å². The zero-order valence-corrected chi connectivity index (χ0v) is 17.4. The fraction of sp³-hybridized carbons (Fsp3) is 0.455. The van der Waals surface area contributed by atoms with Crippen LogP contribution >= 0.6 is 0 Å². The molecule has 1 unspecified atom stereocenters. The van der Waals surface area contributed by atoms with Gasteiger partial charge in [0.2, 0.25) is 0 Å². The summed E-state index contributed by atoms with van der Waals surface area (Å²) in [6.45, 7) is 0.284. The van der Waals surface area contributed by atoms with Crippen LogP contribution in [0.2, 0.25) is 0 Å². The maximum atomic E-state index is 13.2. The van der Waals surface area contributed by atoms with Crippen LogP contribution in [0.4, 0.5) is 20.7 Å². The van der Waals surface area contributed by atoms with Crippen molar-refractivity contribution in [1.82, 2.24) is 14.7 Å². The first-order chi connectivity index (χ1) is 15.4. The molecule has 2 heterocycles. The van der Waals surface area contributed by atoms with E-state index in [1.54, 1.807) is 4.68 Å². The maximum absolute atomic E-state index is 13.2. The van der Waals surface area contributed by atoms with Gasteiger partial charge >= 0.3 is 6.09 Å². The summed E-state index contributed by atoms with van der Waals surface area (Å²) >= 11 is 0. The van der Waals surface area contributed by atoms with Crippen molar-refractivity contribution in [2.45, 2.75) is 44.2 Å².